The number of hydrogen-bond acceptors (Lipinski definition) is 2. The standard InChI is InChI=1S/C11H10Cl2N2/c1-7-4-11(5-7,6-14)8-2-9(12)15-10(13)3-8/h2-3,7H,4-5H2,1H3. The molecule has 2 nitrogen and oxygen atoms in total. The molecule has 0 aromatic carbocycles. The van der Waals surface area contributed by atoms with E-state index in [-0.39, 0.29) is 0 Å². The first-order valence-corrected chi connectivity index (χ1v) is 5.56. The summed E-state index contributed by atoms with van der Waals surface area (Å²) < 4.78 is 0. The van der Waals surface area contributed by atoms with Gasteiger partial charge in [0.05, 0.1) is 11.5 Å². The van der Waals surface area contributed by atoms with Crippen LogP contribution in [0.25, 0.3) is 0 Å². The molecule has 1 fully saturated rings. The molecule has 0 amide bonds. The lowest BCUT2D eigenvalue weighted by atomic mass is 9.60. The summed E-state index contributed by atoms with van der Waals surface area (Å²) in [7, 11) is 0. The summed E-state index contributed by atoms with van der Waals surface area (Å²) in [4.78, 5) is 3.88. The molecule has 1 aliphatic carbocycles. The van der Waals surface area contributed by atoms with Crippen LogP contribution in [0.4, 0.5) is 0 Å². The van der Waals surface area contributed by atoms with Gasteiger partial charge < -0.3 is 0 Å². The van der Waals surface area contributed by atoms with Gasteiger partial charge in [-0.15, -0.1) is 0 Å². The van der Waals surface area contributed by atoms with E-state index in [0.29, 0.717) is 16.2 Å². The van der Waals surface area contributed by atoms with Crippen molar-refractivity contribution in [2.75, 3.05) is 0 Å². The monoisotopic (exact) mass is 240 g/mol. The number of hydrogen-bond donors (Lipinski definition) is 0. The van der Waals surface area contributed by atoms with Crippen LogP contribution in [-0.2, 0) is 5.41 Å². The maximum atomic E-state index is 9.23. The number of nitrogens with zero attached hydrogens (tertiary/aromatic N) is 2. The Hall–Kier alpha value is -0.780. The van der Waals surface area contributed by atoms with Crippen molar-refractivity contribution in [1.29, 1.82) is 5.26 Å². The predicted octanol–water partition coefficient (Wildman–Crippen LogP) is 3.58. The zero-order valence-corrected chi connectivity index (χ0v) is 9.81. The van der Waals surface area contributed by atoms with Crippen LogP contribution >= 0.6 is 23.2 Å². The molecule has 0 atom stereocenters. The van der Waals surface area contributed by atoms with Crippen LogP contribution in [0.2, 0.25) is 10.3 Å². The van der Waals surface area contributed by atoms with E-state index in [0.717, 1.165) is 18.4 Å². The molecule has 0 saturated heterocycles. The molecular weight excluding hydrogens is 231 g/mol. The Morgan fingerprint density at radius 2 is 1.93 bits per heavy atom. The zero-order valence-electron chi connectivity index (χ0n) is 8.30. The summed E-state index contributed by atoms with van der Waals surface area (Å²) in [6, 6.07) is 5.85. The maximum absolute atomic E-state index is 9.23. The van der Waals surface area contributed by atoms with Crippen molar-refractivity contribution in [1.82, 2.24) is 4.98 Å². The van der Waals surface area contributed by atoms with Gasteiger partial charge in [-0.05, 0) is 36.5 Å². The summed E-state index contributed by atoms with van der Waals surface area (Å²) in [5.74, 6) is 0.593. The lowest BCUT2D eigenvalue weighted by molar-refractivity contribution is 0.217. The van der Waals surface area contributed by atoms with Gasteiger partial charge in [-0.2, -0.15) is 5.26 Å². The third-order valence-corrected chi connectivity index (χ3v) is 3.31. The molecular formula is C11H10Cl2N2. The molecule has 1 saturated carbocycles. The molecule has 78 valence electrons. The topological polar surface area (TPSA) is 36.7 Å². The van der Waals surface area contributed by atoms with Gasteiger partial charge in [-0.25, -0.2) is 4.98 Å². The van der Waals surface area contributed by atoms with Crippen LogP contribution in [0.1, 0.15) is 25.3 Å². The molecule has 1 heterocycles. The van der Waals surface area contributed by atoms with Crippen LogP contribution in [0.15, 0.2) is 12.1 Å². The van der Waals surface area contributed by atoms with Gasteiger partial charge >= 0.3 is 0 Å². The molecule has 0 N–H and O–H groups in total. The normalized spacial score (nSPS) is 29.3. The third-order valence-electron chi connectivity index (χ3n) is 2.92. The van der Waals surface area contributed by atoms with Crippen LogP contribution < -0.4 is 0 Å². The molecule has 0 spiro atoms. The van der Waals surface area contributed by atoms with E-state index in [4.69, 9.17) is 23.2 Å². The van der Waals surface area contributed by atoms with E-state index >= 15 is 0 Å². The van der Waals surface area contributed by atoms with Gasteiger partial charge in [0.1, 0.15) is 10.3 Å². The Balaban J connectivity index is 2.41. The molecule has 0 unspecified atom stereocenters. The van der Waals surface area contributed by atoms with Gasteiger partial charge in [0.25, 0.3) is 0 Å². The number of halogens is 2. The van der Waals surface area contributed by atoms with Crippen LogP contribution in [0.3, 0.4) is 0 Å². The van der Waals surface area contributed by atoms with E-state index in [1.165, 1.54) is 0 Å². The molecule has 0 bridgehead atoms. The smallest absolute Gasteiger partial charge is 0.131 e. The SMILES string of the molecule is CC1CC(C#N)(c2cc(Cl)nc(Cl)c2)C1. The fourth-order valence-corrected chi connectivity index (χ4v) is 2.72. The first kappa shape index (κ1) is 10.7. The first-order chi connectivity index (χ1) is 7.05. The fourth-order valence-electron chi connectivity index (χ4n) is 2.26. The predicted molar refractivity (Wildman–Crippen MR) is 59.9 cm³/mol. The molecule has 2 rings (SSSR count). The van der Waals surface area contributed by atoms with Gasteiger partial charge in [-0.1, -0.05) is 30.1 Å². The number of pyridine rings is 1. The van der Waals surface area contributed by atoms with E-state index in [2.05, 4.69) is 18.0 Å². The molecule has 1 aliphatic rings. The quantitative estimate of drug-likeness (QED) is 0.704. The summed E-state index contributed by atoms with van der Waals surface area (Å²) in [6.07, 6.45) is 1.75. The number of nitriles is 1. The maximum Gasteiger partial charge on any atom is 0.131 e. The largest absolute Gasteiger partial charge is 0.224 e. The average molecular weight is 241 g/mol. The number of rotatable bonds is 1. The highest BCUT2D eigenvalue weighted by molar-refractivity contribution is 6.32. The Bertz CT molecular complexity index is 410. The van der Waals surface area contributed by atoms with Gasteiger partial charge in [0.15, 0.2) is 0 Å². The van der Waals surface area contributed by atoms with Crippen molar-refractivity contribution < 1.29 is 0 Å². The minimum atomic E-state index is -0.393. The second-order valence-corrected chi connectivity index (χ2v) is 4.98. The molecule has 0 aliphatic heterocycles. The second kappa shape index (κ2) is 3.66. The second-order valence-electron chi connectivity index (χ2n) is 4.21. The average Bonchev–Trinajstić information content (AvgIpc) is 2.10. The van der Waals surface area contributed by atoms with E-state index in [1.54, 1.807) is 12.1 Å². The first-order valence-electron chi connectivity index (χ1n) is 4.80. The minimum absolute atomic E-state index is 0.353. The lowest BCUT2D eigenvalue weighted by Gasteiger charge is -2.41. The van der Waals surface area contributed by atoms with Gasteiger partial charge in [0.2, 0.25) is 0 Å². The van der Waals surface area contributed by atoms with Crippen molar-refractivity contribution >= 4 is 23.2 Å². The molecule has 1 aromatic heterocycles. The van der Waals surface area contributed by atoms with E-state index < -0.39 is 5.41 Å². The van der Waals surface area contributed by atoms with Crippen molar-refractivity contribution in [2.24, 2.45) is 5.92 Å². The summed E-state index contributed by atoms with van der Waals surface area (Å²) in [6.45, 7) is 2.14. The lowest BCUT2D eigenvalue weighted by Crippen LogP contribution is -2.38. The minimum Gasteiger partial charge on any atom is -0.224 e. The van der Waals surface area contributed by atoms with Crippen molar-refractivity contribution in [3.8, 4) is 6.07 Å². The highest BCUT2D eigenvalue weighted by Crippen LogP contribution is 2.47. The summed E-state index contributed by atoms with van der Waals surface area (Å²) in [5, 5.41) is 9.94. The van der Waals surface area contributed by atoms with Gasteiger partial charge in [0, 0.05) is 0 Å². The van der Waals surface area contributed by atoms with E-state index in [9.17, 15) is 5.26 Å². The molecule has 4 heteroatoms. The van der Waals surface area contributed by atoms with Gasteiger partial charge in [-0.3, -0.25) is 0 Å². The highest BCUT2D eigenvalue weighted by Gasteiger charge is 2.44. The highest BCUT2D eigenvalue weighted by atomic mass is 35.5. The van der Waals surface area contributed by atoms with Crippen molar-refractivity contribution in [3.63, 3.8) is 0 Å². The Labute approximate surface area is 98.8 Å². The van der Waals surface area contributed by atoms with Crippen LogP contribution in [-0.4, -0.2) is 4.98 Å². The van der Waals surface area contributed by atoms with Crippen LogP contribution in [0, 0.1) is 17.2 Å². The molecule has 0 radical (unpaired) electrons. The zero-order chi connectivity index (χ0) is 11.1. The summed E-state index contributed by atoms with van der Waals surface area (Å²) >= 11 is 11.7. The Morgan fingerprint density at radius 1 is 1.40 bits per heavy atom. The van der Waals surface area contributed by atoms with Crippen LogP contribution in [0.5, 0.6) is 0 Å². The van der Waals surface area contributed by atoms with Crippen molar-refractivity contribution in [2.45, 2.75) is 25.2 Å². The van der Waals surface area contributed by atoms with Crippen molar-refractivity contribution in [3.05, 3.63) is 28.0 Å². The Morgan fingerprint density at radius 3 is 2.33 bits per heavy atom. The molecule has 1 aromatic rings. The third kappa shape index (κ3) is 1.82. The number of aromatic nitrogens is 1. The molecule has 15 heavy (non-hydrogen) atoms. The van der Waals surface area contributed by atoms with E-state index in [1.807, 2.05) is 0 Å². The fraction of sp³-hybridized carbons (Fsp3) is 0.455. The Kier molecular flexibility index (Phi) is 2.62. The summed E-state index contributed by atoms with van der Waals surface area (Å²) in [5.41, 5.74) is 0.503.